The van der Waals surface area contributed by atoms with Crippen LogP contribution in [0.2, 0.25) is 0 Å². The maximum Gasteiger partial charge on any atom is 0.337 e. The van der Waals surface area contributed by atoms with Gasteiger partial charge in [0.1, 0.15) is 0 Å². The molecule has 142 valence electrons. The number of carbonyl (C=O) groups is 2. The summed E-state index contributed by atoms with van der Waals surface area (Å²) in [6.45, 7) is 3.59. The van der Waals surface area contributed by atoms with Crippen LogP contribution >= 0.6 is 0 Å². The lowest BCUT2D eigenvalue weighted by Gasteiger charge is -2.27. The third-order valence-electron chi connectivity index (χ3n) is 5.95. The highest BCUT2D eigenvalue weighted by Crippen LogP contribution is 2.30. The van der Waals surface area contributed by atoms with Crippen molar-refractivity contribution in [3.8, 4) is 0 Å². The van der Waals surface area contributed by atoms with Crippen molar-refractivity contribution >= 4 is 22.8 Å². The minimum absolute atomic E-state index is 0.115. The fourth-order valence-corrected chi connectivity index (χ4v) is 4.19. The Bertz CT molecular complexity index is 915. The van der Waals surface area contributed by atoms with Crippen LogP contribution in [0.4, 0.5) is 0 Å². The quantitative estimate of drug-likeness (QED) is 0.646. The fraction of sp³-hybridized carbons (Fsp3) is 0.455. The number of nitrogens with zero attached hydrogens (tertiary/aromatic N) is 1. The molecule has 4 rings (SSSR count). The number of fused-ring (bicyclic) bond motifs is 3. The molecule has 2 heterocycles. The number of ether oxygens (including phenoxy) is 1. The van der Waals surface area contributed by atoms with Crippen molar-refractivity contribution < 1.29 is 14.3 Å². The van der Waals surface area contributed by atoms with Gasteiger partial charge >= 0.3 is 5.97 Å². The lowest BCUT2D eigenvalue weighted by molar-refractivity contribution is -0.126. The van der Waals surface area contributed by atoms with Gasteiger partial charge in [-0.25, -0.2) is 4.79 Å². The van der Waals surface area contributed by atoms with Crippen molar-refractivity contribution in [2.75, 3.05) is 13.7 Å². The first kappa shape index (κ1) is 17.8. The molecule has 1 aliphatic heterocycles. The minimum atomic E-state index is -0.341. The maximum atomic E-state index is 12.8. The van der Waals surface area contributed by atoms with Gasteiger partial charge in [0, 0.05) is 47.7 Å². The topological polar surface area (TPSA) is 62.4 Å². The molecule has 1 fully saturated rings. The molecular formula is C22H26N2O3. The second-order valence-corrected chi connectivity index (χ2v) is 7.83. The fourth-order valence-electron chi connectivity index (χ4n) is 4.19. The number of allylic oxidation sites excluding steroid dienone is 1. The molecular weight excluding hydrogens is 340 g/mol. The van der Waals surface area contributed by atoms with E-state index in [9.17, 15) is 9.59 Å². The number of carbonyl (C=O) groups excluding carboxylic acids is 2. The van der Waals surface area contributed by atoms with Gasteiger partial charge in [0.25, 0.3) is 0 Å². The van der Waals surface area contributed by atoms with Crippen LogP contribution in [-0.4, -0.2) is 35.4 Å². The van der Waals surface area contributed by atoms with Gasteiger partial charge in [0.2, 0.25) is 5.91 Å². The van der Waals surface area contributed by atoms with Crippen molar-refractivity contribution in [3.63, 3.8) is 0 Å². The first-order valence-corrected chi connectivity index (χ1v) is 9.75. The number of aromatic nitrogens is 1. The predicted octanol–water partition coefficient (Wildman–Crippen LogP) is 3.98. The lowest BCUT2D eigenvalue weighted by atomic mass is 9.87. The van der Waals surface area contributed by atoms with Crippen molar-refractivity contribution in [1.29, 1.82) is 0 Å². The number of H-pyrrole nitrogens is 1. The summed E-state index contributed by atoms with van der Waals surface area (Å²) in [5.74, 6) is 0.542. The number of nitrogens with one attached hydrogen (secondary N) is 1. The van der Waals surface area contributed by atoms with Crippen LogP contribution in [0.25, 0.3) is 10.9 Å². The molecule has 5 nitrogen and oxygen atoms in total. The van der Waals surface area contributed by atoms with Gasteiger partial charge in [-0.15, -0.1) is 0 Å². The number of esters is 1. The van der Waals surface area contributed by atoms with Crippen LogP contribution < -0.4 is 0 Å². The molecule has 0 bridgehead atoms. The van der Waals surface area contributed by atoms with Crippen LogP contribution in [-0.2, 0) is 22.5 Å². The minimum Gasteiger partial charge on any atom is -0.465 e. The molecule has 0 spiro atoms. The normalized spacial score (nSPS) is 19.7. The summed E-state index contributed by atoms with van der Waals surface area (Å²) < 4.78 is 4.84. The molecule has 1 aliphatic carbocycles. The Morgan fingerprint density at radius 2 is 2.00 bits per heavy atom. The van der Waals surface area contributed by atoms with Crippen LogP contribution in [0.3, 0.4) is 0 Å². The van der Waals surface area contributed by atoms with E-state index in [4.69, 9.17) is 4.74 Å². The Morgan fingerprint density at radius 1 is 1.22 bits per heavy atom. The van der Waals surface area contributed by atoms with E-state index in [2.05, 4.69) is 11.9 Å². The van der Waals surface area contributed by atoms with E-state index >= 15 is 0 Å². The molecule has 2 aliphatic rings. The van der Waals surface area contributed by atoms with Gasteiger partial charge in [0.15, 0.2) is 0 Å². The highest BCUT2D eigenvalue weighted by atomic mass is 16.5. The summed E-state index contributed by atoms with van der Waals surface area (Å²) in [7, 11) is 1.39. The van der Waals surface area contributed by atoms with Gasteiger partial charge in [0.05, 0.1) is 12.7 Å². The second-order valence-electron chi connectivity index (χ2n) is 7.83. The number of amides is 1. The Morgan fingerprint density at radius 3 is 2.74 bits per heavy atom. The zero-order chi connectivity index (χ0) is 19.0. The third-order valence-corrected chi connectivity index (χ3v) is 5.95. The molecule has 27 heavy (non-hydrogen) atoms. The van der Waals surface area contributed by atoms with E-state index in [1.165, 1.54) is 25.5 Å². The second kappa shape index (κ2) is 7.22. The van der Waals surface area contributed by atoms with Crippen LogP contribution in [0.5, 0.6) is 0 Å². The third kappa shape index (κ3) is 3.51. The average Bonchev–Trinajstić information content (AvgIpc) is 3.06. The Balaban J connectivity index is 1.57. The monoisotopic (exact) mass is 366 g/mol. The highest BCUT2D eigenvalue weighted by Gasteiger charge is 2.24. The molecule has 0 unspecified atom stereocenters. The van der Waals surface area contributed by atoms with Gasteiger partial charge in [-0.2, -0.15) is 0 Å². The van der Waals surface area contributed by atoms with Crippen LogP contribution in [0.1, 0.15) is 54.2 Å². The van der Waals surface area contributed by atoms with Gasteiger partial charge in [-0.05, 0) is 49.8 Å². The van der Waals surface area contributed by atoms with Crippen LogP contribution in [0.15, 0.2) is 29.8 Å². The largest absolute Gasteiger partial charge is 0.465 e. The predicted molar refractivity (Wildman–Crippen MR) is 104 cm³/mol. The summed E-state index contributed by atoms with van der Waals surface area (Å²) in [6, 6.07) is 5.55. The number of hydrogen-bond donors (Lipinski definition) is 1. The van der Waals surface area contributed by atoms with E-state index in [1.54, 1.807) is 6.07 Å². The van der Waals surface area contributed by atoms with Crippen molar-refractivity contribution in [2.45, 2.75) is 45.6 Å². The number of methoxy groups -OCH3 is 1. The molecule has 1 aromatic heterocycles. The Hall–Kier alpha value is -2.56. The van der Waals surface area contributed by atoms with E-state index in [0.29, 0.717) is 12.1 Å². The first-order chi connectivity index (χ1) is 13.0. The zero-order valence-electron chi connectivity index (χ0n) is 16.0. The van der Waals surface area contributed by atoms with Crippen LogP contribution in [0, 0.1) is 5.92 Å². The van der Waals surface area contributed by atoms with E-state index in [0.717, 1.165) is 53.9 Å². The average molecular weight is 366 g/mol. The molecule has 1 saturated carbocycles. The molecule has 1 aromatic carbocycles. The molecule has 0 radical (unpaired) electrons. The first-order valence-electron chi connectivity index (χ1n) is 9.75. The summed E-state index contributed by atoms with van der Waals surface area (Å²) in [5, 5.41) is 1.00. The SMILES string of the molecule is COC(=O)c1ccc2[nH]c3c(c2c1)CN(C(=O)C=C1CCC(C)CC1)CC3. The van der Waals surface area contributed by atoms with Gasteiger partial charge in [-0.1, -0.05) is 12.5 Å². The van der Waals surface area contributed by atoms with E-state index in [-0.39, 0.29) is 11.9 Å². The summed E-state index contributed by atoms with van der Waals surface area (Å²) in [6.07, 6.45) is 7.13. The van der Waals surface area contributed by atoms with Gasteiger partial charge < -0.3 is 14.6 Å². The Labute approximate surface area is 159 Å². The van der Waals surface area contributed by atoms with Crippen molar-refractivity contribution in [2.24, 2.45) is 5.92 Å². The smallest absolute Gasteiger partial charge is 0.337 e. The number of benzene rings is 1. The van der Waals surface area contributed by atoms with E-state index < -0.39 is 0 Å². The maximum absolute atomic E-state index is 12.8. The van der Waals surface area contributed by atoms with Crippen molar-refractivity contribution in [1.82, 2.24) is 9.88 Å². The molecule has 1 N–H and O–H groups in total. The molecule has 2 aromatic rings. The van der Waals surface area contributed by atoms with Crippen molar-refractivity contribution in [3.05, 3.63) is 46.7 Å². The summed E-state index contributed by atoms with van der Waals surface area (Å²) >= 11 is 0. The number of rotatable bonds is 2. The molecule has 0 atom stereocenters. The zero-order valence-corrected chi connectivity index (χ0v) is 16.0. The molecule has 1 amide bonds. The number of hydrogen-bond acceptors (Lipinski definition) is 3. The summed E-state index contributed by atoms with van der Waals surface area (Å²) in [4.78, 5) is 30.0. The lowest BCUT2D eigenvalue weighted by Crippen LogP contribution is -2.35. The highest BCUT2D eigenvalue weighted by molar-refractivity contribution is 5.96. The Kier molecular flexibility index (Phi) is 4.77. The summed E-state index contributed by atoms with van der Waals surface area (Å²) in [5.41, 5.74) is 5.10. The molecule has 5 heteroatoms. The van der Waals surface area contributed by atoms with Gasteiger partial charge in [-0.3, -0.25) is 4.79 Å². The van der Waals surface area contributed by atoms with E-state index in [1.807, 2.05) is 23.1 Å². The number of aromatic amines is 1. The molecule has 0 saturated heterocycles. The standard InChI is InChI=1S/C22H26N2O3/c1-14-3-5-15(6-4-14)11-21(25)24-10-9-20-18(13-24)17-12-16(22(26)27-2)7-8-19(17)23-20/h7-8,11-12,14,23H,3-6,9-10,13H2,1-2H3.